The maximum atomic E-state index is 13.4. The number of nitrogens with zero attached hydrogens (tertiary/aromatic N) is 8. The Kier molecular flexibility index (Phi) is 24.5. The summed E-state index contributed by atoms with van der Waals surface area (Å²) in [7, 11) is 1.63. The summed E-state index contributed by atoms with van der Waals surface area (Å²) in [5.74, 6) is 2.87. The van der Waals surface area contributed by atoms with E-state index in [0.29, 0.717) is 39.5 Å². The molecule has 10 heterocycles. The van der Waals surface area contributed by atoms with Crippen LogP contribution in [0.2, 0.25) is 0 Å². The van der Waals surface area contributed by atoms with Gasteiger partial charge in [0.1, 0.15) is 47.6 Å². The number of hydrogen-bond acceptors (Lipinski definition) is 18. The lowest BCUT2D eigenvalue weighted by Gasteiger charge is -2.30. The lowest BCUT2D eigenvalue weighted by molar-refractivity contribution is -0.139. The summed E-state index contributed by atoms with van der Waals surface area (Å²) in [6.07, 6.45) is 12.0. The van der Waals surface area contributed by atoms with E-state index in [4.69, 9.17) is 48.1 Å². The molecule has 0 saturated carbocycles. The fourth-order valence-corrected chi connectivity index (χ4v) is 18.2. The highest BCUT2D eigenvalue weighted by Gasteiger charge is 2.37. The van der Waals surface area contributed by atoms with Crippen LogP contribution < -0.4 is 35.6 Å². The molecule has 21 nitrogen and oxygen atoms in total. The first-order valence-electron chi connectivity index (χ1n) is 43.4. The third-order valence-corrected chi connectivity index (χ3v) is 23.6. The molecular weight excluding hydrogens is 1590 g/mol. The van der Waals surface area contributed by atoms with Crippen molar-refractivity contribution in [2.24, 2.45) is 0 Å². The number of methoxy groups -OCH3 is 1. The minimum atomic E-state index is -0.820. The van der Waals surface area contributed by atoms with Crippen LogP contribution in [0.5, 0.6) is 23.0 Å². The average molecular weight is 1700 g/mol. The highest BCUT2D eigenvalue weighted by molar-refractivity contribution is 6.12. The van der Waals surface area contributed by atoms with Gasteiger partial charge in [0.15, 0.2) is 17.3 Å². The lowest BCUT2D eigenvalue weighted by Crippen LogP contribution is -2.27. The molecule has 0 radical (unpaired) electrons. The topological polar surface area (TPSA) is 246 Å². The molecule has 648 valence electrons. The van der Waals surface area contributed by atoms with Gasteiger partial charge in [-0.05, 0) is 298 Å². The molecule has 0 aliphatic carbocycles. The van der Waals surface area contributed by atoms with Crippen LogP contribution >= 0.6 is 0 Å². The van der Waals surface area contributed by atoms with E-state index in [9.17, 15) is 28.8 Å². The summed E-state index contributed by atoms with van der Waals surface area (Å²) in [6, 6.07) is 52.6. The molecule has 3 atom stereocenters. The normalized spacial score (nSPS) is 13.7. The summed E-state index contributed by atoms with van der Waals surface area (Å²) in [4.78, 5) is 103. The predicted octanol–water partition coefficient (Wildman–Crippen LogP) is 20.2. The Morgan fingerprint density at radius 3 is 1.15 bits per heavy atom. The van der Waals surface area contributed by atoms with Crippen molar-refractivity contribution in [3.8, 4) is 56.4 Å². The van der Waals surface area contributed by atoms with Gasteiger partial charge in [-0.3, -0.25) is 43.7 Å². The number of rotatable bonds is 21. The first kappa shape index (κ1) is 87.3. The molecule has 0 N–H and O–H groups in total. The number of aromatic nitrogens is 8. The van der Waals surface area contributed by atoms with E-state index in [2.05, 4.69) is 28.2 Å². The van der Waals surface area contributed by atoms with Crippen LogP contribution in [-0.2, 0) is 73.9 Å². The van der Waals surface area contributed by atoms with Gasteiger partial charge in [-0.25, -0.2) is 9.97 Å². The quantitative estimate of drug-likeness (QED) is 0.0648. The summed E-state index contributed by atoms with van der Waals surface area (Å²) >= 11 is 0. The SMILES string of the molecule is CC(=O)[C@@H](OC(C)(C)C)c1c(C)cc2c(ccc(=O)n2CCCc2ccccc2)c1-c1ccc2c3c(ccnc13)CCO2.CC(=O)[C@@H](OC(C)(C)C)c1c(C)cc2c(ccc(=O)n2Cc2cncnc2)c1-c1ccc2c3c(ccnc13)CCO2.COc1cccc(Cn2c(=O)ccc3c(-c4ccc5c6c(ccnc46)CCO5)c([C@H](OC(C)(C)C)C(C)=O)c(C)cc32)c1. The number of carbonyl (C=O) groups excluding carboxylic acids is 3. The zero-order valence-electron chi connectivity index (χ0n) is 74.9. The molecule has 0 spiro atoms. The molecule has 15 aromatic rings. The third kappa shape index (κ3) is 17.9. The van der Waals surface area contributed by atoms with Crippen molar-refractivity contribution in [3.05, 3.63) is 299 Å². The largest absolute Gasteiger partial charge is 0.497 e. The molecule has 21 heteroatoms. The lowest BCUT2D eigenvalue weighted by atomic mass is 9.85. The van der Waals surface area contributed by atoms with E-state index in [0.717, 1.165) is 198 Å². The maximum Gasteiger partial charge on any atom is 0.251 e. The fourth-order valence-electron chi connectivity index (χ4n) is 18.2. The number of ketones is 3. The number of carbonyl (C=O) groups is 3. The molecule has 7 aromatic heterocycles. The Balaban J connectivity index is 0.000000140. The number of ether oxygens (including phenoxy) is 7. The van der Waals surface area contributed by atoms with E-state index in [1.54, 1.807) is 67.6 Å². The zero-order chi connectivity index (χ0) is 89.7. The highest BCUT2D eigenvalue weighted by Crippen LogP contribution is 2.50. The van der Waals surface area contributed by atoms with E-state index in [1.807, 2.05) is 234 Å². The monoisotopic (exact) mass is 1700 g/mol. The Bertz CT molecular complexity index is 7030. The number of aryl methyl sites for hydroxylation is 5. The van der Waals surface area contributed by atoms with Crippen LogP contribution in [0.25, 0.3) is 98.8 Å². The molecule has 0 fully saturated rings. The van der Waals surface area contributed by atoms with Gasteiger partial charge < -0.3 is 46.9 Å². The van der Waals surface area contributed by atoms with Crippen molar-refractivity contribution in [1.82, 2.24) is 38.6 Å². The van der Waals surface area contributed by atoms with Gasteiger partial charge in [0.2, 0.25) is 0 Å². The first-order chi connectivity index (χ1) is 60.8. The Morgan fingerprint density at radius 2 is 0.780 bits per heavy atom. The minimum absolute atomic E-state index is 0.0452. The van der Waals surface area contributed by atoms with Crippen LogP contribution in [-0.4, -0.2) is 99.7 Å². The standard InChI is InChI=1S/C37H38N2O4.C36H36N2O5.C33H32N4O4/c1-23-22-29-27(14-16-31(41)39(29)20-9-12-25-10-7-6-8-11-25)34(32(23)36(24(2)40)43-37(3,4)5)28-13-15-30-33-26(18-21-42-30)17-19-38-35(28)33;1-21-18-28-26(11-13-30(40)38(28)20-23-8-7-9-25(19-23)41-6)33(31(21)35(22(2)39)43-36(3,4)5)27-10-12-29-32-24(15-17-42-29)14-16-37-34(27)32;1-19-14-25-23(7-9-27(39)37(25)17-21-15-34-18-35-16-21)30(28(19)32(20(2)38)41-33(3,4)5)24-6-8-26-29-22(11-13-40-26)10-12-36-31(24)29/h6-8,10-11,13-17,19,22,36H,9,12,18,20-21H2,1-5H3;7-14,16,18-19,35H,15,17,20H2,1-6H3;6-10,12,14-16,18,32H,11,13,17H2,1-5H3/t36-;35-;32-/m111/s1. The van der Waals surface area contributed by atoms with E-state index in [-0.39, 0.29) is 34.0 Å². The van der Waals surface area contributed by atoms with Crippen molar-refractivity contribution >= 4 is 82.8 Å². The average Bonchev–Trinajstić information content (AvgIpc) is 0.735. The van der Waals surface area contributed by atoms with Crippen molar-refractivity contribution in [1.29, 1.82) is 0 Å². The first-order valence-corrected chi connectivity index (χ1v) is 43.4. The van der Waals surface area contributed by atoms with Crippen LogP contribution in [0.4, 0.5) is 0 Å². The second-order valence-corrected chi connectivity index (χ2v) is 36.1. The smallest absolute Gasteiger partial charge is 0.251 e. The van der Waals surface area contributed by atoms with E-state index in [1.165, 1.54) is 28.6 Å². The number of fused-ring (bicyclic) bond motifs is 3. The minimum Gasteiger partial charge on any atom is -0.497 e. The second-order valence-electron chi connectivity index (χ2n) is 36.1. The Morgan fingerprint density at radius 1 is 0.417 bits per heavy atom. The Labute approximate surface area is 737 Å². The Hall–Kier alpha value is -13.2. The molecule has 0 bridgehead atoms. The number of benzene rings is 8. The highest BCUT2D eigenvalue weighted by atomic mass is 16.5. The van der Waals surface area contributed by atoms with Crippen molar-refractivity contribution in [3.63, 3.8) is 0 Å². The van der Waals surface area contributed by atoms with Gasteiger partial charge in [0.25, 0.3) is 16.7 Å². The van der Waals surface area contributed by atoms with E-state index >= 15 is 0 Å². The summed E-state index contributed by atoms with van der Waals surface area (Å²) in [5.41, 5.74) is 19.4. The van der Waals surface area contributed by atoms with Gasteiger partial charge in [-0.15, -0.1) is 0 Å². The molecule has 3 aliphatic rings. The number of hydrogen-bond donors (Lipinski definition) is 0. The summed E-state index contributed by atoms with van der Waals surface area (Å²) in [6.45, 7) is 31.3. The number of pyridine rings is 6. The second kappa shape index (κ2) is 35.7. The van der Waals surface area contributed by atoms with Gasteiger partial charge >= 0.3 is 0 Å². The zero-order valence-corrected chi connectivity index (χ0v) is 74.9. The summed E-state index contributed by atoms with van der Waals surface area (Å²) in [5, 5.41) is 5.51. The third-order valence-electron chi connectivity index (χ3n) is 23.6. The predicted molar refractivity (Wildman–Crippen MR) is 499 cm³/mol. The van der Waals surface area contributed by atoms with Crippen molar-refractivity contribution < 1.29 is 47.5 Å². The number of Topliss-reactive ketones (excluding diaryl/α,β-unsaturated/α-hetero) is 3. The van der Waals surface area contributed by atoms with Gasteiger partial charge in [0, 0.05) is 130 Å². The molecule has 18 rings (SSSR count). The van der Waals surface area contributed by atoms with Crippen molar-refractivity contribution in [2.75, 3.05) is 26.9 Å². The molecular formula is C106H106N8O13. The molecule has 8 aromatic carbocycles. The summed E-state index contributed by atoms with van der Waals surface area (Å²) < 4.78 is 48.2. The van der Waals surface area contributed by atoms with Crippen molar-refractivity contribution in [2.45, 2.75) is 191 Å². The molecule has 3 aliphatic heterocycles. The van der Waals surface area contributed by atoms with Crippen LogP contribution in [0.15, 0.2) is 215 Å². The van der Waals surface area contributed by atoms with E-state index < -0.39 is 35.1 Å². The molecule has 127 heavy (non-hydrogen) atoms. The van der Waals surface area contributed by atoms with Crippen LogP contribution in [0, 0.1) is 20.8 Å². The van der Waals surface area contributed by atoms with Gasteiger partial charge in [0.05, 0.1) is 89.9 Å². The van der Waals surface area contributed by atoms with Gasteiger partial charge in [-0.2, -0.15) is 0 Å². The molecule has 0 unspecified atom stereocenters. The van der Waals surface area contributed by atoms with Crippen LogP contribution in [0.3, 0.4) is 0 Å². The molecule has 0 saturated heterocycles. The fraction of sp³-hybridized carbons (Fsp3) is 0.311. The van der Waals surface area contributed by atoms with Gasteiger partial charge in [-0.1, -0.05) is 42.5 Å². The van der Waals surface area contributed by atoms with Crippen LogP contribution in [0.1, 0.15) is 175 Å². The molecule has 0 amide bonds. The maximum absolute atomic E-state index is 13.4.